The fourth-order valence-corrected chi connectivity index (χ4v) is 2.17. The summed E-state index contributed by atoms with van der Waals surface area (Å²) in [6.07, 6.45) is 7.78. The van der Waals surface area contributed by atoms with Gasteiger partial charge in [0, 0.05) is 0 Å². The summed E-state index contributed by atoms with van der Waals surface area (Å²) in [7, 11) is 0. The SMILES string of the molecule is C=CC(C)(C)C1CCC(C)CC1. The lowest BCUT2D eigenvalue weighted by molar-refractivity contribution is 0.181. The maximum absolute atomic E-state index is 3.93. The molecule has 1 aliphatic carbocycles. The molecule has 0 nitrogen and oxygen atoms in total. The molecule has 1 aliphatic rings. The normalized spacial score (nSPS) is 31.6. The molecule has 0 amide bonds. The Morgan fingerprint density at radius 2 is 1.67 bits per heavy atom. The Balaban J connectivity index is 2.49. The van der Waals surface area contributed by atoms with Crippen LogP contribution < -0.4 is 0 Å². The van der Waals surface area contributed by atoms with Crippen LogP contribution in [0.25, 0.3) is 0 Å². The van der Waals surface area contributed by atoms with Gasteiger partial charge in [0.15, 0.2) is 0 Å². The topological polar surface area (TPSA) is 0 Å². The number of allylic oxidation sites excluding steroid dienone is 1. The van der Waals surface area contributed by atoms with Crippen LogP contribution in [0.4, 0.5) is 0 Å². The van der Waals surface area contributed by atoms with Crippen molar-refractivity contribution in [3.8, 4) is 0 Å². The molecule has 0 aliphatic heterocycles. The van der Waals surface area contributed by atoms with E-state index in [9.17, 15) is 0 Å². The van der Waals surface area contributed by atoms with Crippen LogP contribution in [0.3, 0.4) is 0 Å². The maximum Gasteiger partial charge on any atom is -0.0149 e. The van der Waals surface area contributed by atoms with Gasteiger partial charge in [0.2, 0.25) is 0 Å². The lowest BCUT2D eigenvalue weighted by Crippen LogP contribution is -2.25. The molecule has 0 saturated heterocycles. The molecule has 0 N–H and O–H groups in total. The van der Waals surface area contributed by atoms with E-state index >= 15 is 0 Å². The molecule has 0 atom stereocenters. The summed E-state index contributed by atoms with van der Waals surface area (Å²) in [5.41, 5.74) is 0.361. The van der Waals surface area contributed by atoms with Gasteiger partial charge in [0.25, 0.3) is 0 Å². The second-order valence-electron chi connectivity index (χ2n) is 4.98. The molecule has 1 fully saturated rings. The summed E-state index contributed by atoms with van der Waals surface area (Å²) in [5.74, 6) is 1.84. The van der Waals surface area contributed by atoms with E-state index in [0.29, 0.717) is 5.41 Å². The van der Waals surface area contributed by atoms with Crippen molar-refractivity contribution in [2.24, 2.45) is 17.3 Å². The molecule has 1 rings (SSSR count). The van der Waals surface area contributed by atoms with E-state index in [1.54, 1.807) is 0 Å². The smallest absolute Gasteiger partial charge is 0.0149 e. The molecule has 1 saturated carbocycles. The monoisotopic (exact) mass is 166 g/mol. The molecule has 0 aromatic carbocycles. The Labute approximate surface area is 77.1 Å². The third kappa shape index (κ3) is 2.12. The molecule has 0 aromatic rings. The van der Waals surface area contributed by atoms with E-state index in [2.05, 4.69) is 33.4 Å². The van der Waals surface area contributed by atoms with E-state index in [-0.39, 0.29) is 0 Å². The highest BCUT2D eigenvalue weighted by molar-refractivity contribution is 4.94. The van der Waals surface area contributed by atoms with Gasteiger partial charge in [-0.05, 0) is 30.1 Å². The van der Waals surface area contributed by atoms with Crippen LogP contribution in [-0.4, -0.2) is 0 Å². The van der Waals surface area contributed by atoms with Gasteiger partial charge in [-0.25, -0.2) is 0 Å². The van der Waals surface area contributed by atoms with Crippen LogP contribution in [0.5, 0.6) is 0 Å². The number of hydrogen-bond acceptors (Lipinski definition) is 0. The first-order valence-corrected chi connectivity index (χ1v) is 5.20. The minimum atomic E-state index is 0.361. The van der Waals surface area contributed by atoms with Crippen molar-refractivity contribution in [3.63, 3.8) is 0 Å². The van der Waals surface area contributed by atoms with Gasteiger partial charge in [-0.3, -0.25) is 0 Å². The zero-order chi connectivity index (χ0) is 9.19. The number of rotatable bonds is 2. The molecular weight excluding hydrogens is 144 g/mol. The summed E-state index contributed by atoms with van der Waals surface area (Å²) < 4.78 is 0. The van der Waals surface area contributed by atoms with Gasteiger partial charge < -0.3 is 0 Å². The van der Waals surface area contributed by atoms with Crippen LogP contribution in [0.1, 0.15) is 46.5 Å². The van der Waals surface area contributed by atoms with Gasteiger partial charge in [-0.2, -0.15) is 0 Å². The molecule has 0 heterocycles. The van der Waals surface area contributed by atoms with Crippen molar-refractivity contribution in [1.29, 1.82) is 0 Å². The van der Waals surface area contributed by atoms with E-state index in [0.717, 1.165) is 11.8 Å². The highest BCUT2D eigenvalue weighted by Gasteiger charge is 2.29. The van der Waals surface area contributed by atoms with E-state index in [4.69, 9.17) is 0 Å². The fraction of sp³-hybridized carbons (Fsp3) is 0.833. The minimum Gasteiger partial charge on any atom is -0.103 e. The molecule has 12 heavy (non-hydrogen) atoms. The third-order valence-electron chi connectivity index (χ3n) is 3.59. The summed E-state index contributed by atoms with van der Waals surface area (Å²) in [5, 5.41) is 0. The van der Waals surface area contributed by atoms with Crippen molar-refractivity contribution in [3.05, 3.63) is 12.7 Å². The van der Waals surface area contributed by atoms with Crippen molar-refractivity contribution in [1.82, 2.24) is 0 Å². The second-order valence-corrected chi connectivity index (χ2v) is 4.98. The van der Waals surface area contributed by atoms with Gasteiger partial charge in [-0.1, -0.05) is 39.7 Å². The first-order chi connectivity index (χ1) is 5.56. The summed E-state index contributed by atoms with van der Waals surface area (Å²) in [6.45, 7) is 10.9. The zero-order valence-electron chi connectivity index (χ0n) is 8.77. The predicted molar refractivity (Wildman–Crippen MR) is 55.1 cm³/mol. The highest BCUT2D eigenvalue weighted by Crippen LogP contribution is 2.40. The van der Waals surface area contributed by atoms with E-state index in [1.165, 1.54) is 25.7 Å². The van der Waals surface area contributed by atoms with Gasteiger partial charge in [-0.15, -0.1) is 6.58 Å². The van der Waals surface area contributed by atoms with Crippen LogP contribution in [0.15, 0.2) is 12.7 Å². The van der Waals surface area contributed by atoms with Gasteiger partial charge >= 0.3 is 0 Å². The lowest BCUT2D eigenvalue weighted by Gasteiger charge is -2.36. The van der Waals surface area contributed by atoms with E-state index in [1.807, 2.05) is 0 Å². The van der Waals surface area contributed by atoms with Crippen molar-refractivity contribution in [2.45, 2.75) is 46.5 Å². The molecule has 70 valence electrons. The standard InChI is InChI=1S/C12H22/c1-5-12(3,4)11-8-6-10(2)7-9-11/h5,10-11H,1,6-9H2,2-4H3. The zero-order valence-corrected chi connectivity index (χ0v) is 8.77. The Morgan fingerprint density at radius 1 is 1.17 bits per heavy atom. The van der Waals surface area contributed by atoms with E-state index < -0.39 is 0 Å². The molecule has 0 radical (unpaired) electrons. The maximum atomic E-state index is 3.93. The van der Waals surface area contributed by atoms with Gasteiger partial charge in [0.1, 0.15) is 0 Å². The van der Waals surface area contributed by atoms with Crippen molar-refractivity contribution in [2.75, 3.05) is 0 Å². The average molecular weight is 166 g/mol. The van der Waals surface area contributed by atoms with Crippen LogP contribution in [0, 0.1) is 17.3 Å². The minimum absolute atomic E-state index is 0.361. The molecule has 0 heteroatoms. The second kappa shape index (κ2) is 3.64. The highest BCUT2D eigenvalue weighted by atomic mass is 14.3. The predicted octanol–water partition coefficient (Wildman–Crippen LogP) is 4.02. The molecule has 0 unspecified atom stereocenters. The number of hydrogen-bond donors (Lipinski definition) is 0. The molecule has 0 bridgehead atoms. The molecule has 0 aromatic heterocycles. The summed E-state index contributed by atoms with van der Waals surface area (Å²) in [6, 6.07) is 0. The van der Waals surface area contributed by atoms with Gasteiger partial charge in [0.05, 0.1) is 0 Å². The lowest BCUT2D eigenvalue weighted by atomic mass is 9.69. The first-order valence-electron chi connectivity index (χ1n) is 5.20. The summed E-state index contributed by atoms with van der Waals surface area (Å²) in [4.78, 5) is 0. The fourth-order valence-electron chi connectivity index (χ4n) is 2.17. The Morgan fingerprint density at radius 3 is 2.08 bits per heavy atom. The molecular formula is C12H22. The van der Waals surface area contributed by atoms with Crippen molar-refractivity contribution >= 4 is 0 Å². The average Bonchev–Trinajstić information content (AvgIpc) is 2.05. The third-order valence-corrected chi connectivity index (χ3v) is 3.59. The Bertz CT molecular complexity index is 147. The quantitative estimate of drug-likeness (QED) is 0.543. The van der Waals surface area contributed by atoms with Crippen LogP contribution >= 0.6 is 0 Å². The van der Waals surface area contributed by atoms with Crippen LogP contribution in [0.2, 0.25) is 0 Å². The van der Waals surface area contributed by atoms with Crippen molar-refractivity contribution < 1.29 is 0 Å². The summed E-state index contributed by atoms with van der Waals surface area (Å²) >= 11 is 0. The molecule has 0 spiro atoms. The first kappa shape index (κ1) is 9.83. The Hall–Kier alpha value is -0.260. The van der Waals surface area contributed by atoms with Crippen LogP contribution in [-0.2, 0) is 0 Å². The Kier molecular flexibility index (Phi) is 2.98. The largest absolute Gasteiger partial charge is 0.103 e.